The third-order valence-electron chi connectivity index (χ3n) is 20.7. The van der Waals surface area contributed by atoms with Crippen LogP contribution in [0.2, 0.25) is 0 Å². The lowest BCUT2D eigenvalue weighted by Crippen LogP contribution is -2.46. The van der Waals surface area contributed by atoms with Gasteiger partial charge in [-0.2, -0.15) is 15.3 Å². The van der Waals surface area contributed by atoms with E-state index in [1.54, 1.807) is 75.5 Å². The number of phenols is 2. The van der Waals surface area contributed by atoms with Crippen LogP contribution in [0.25, 0.3) is 17.1 Å². The highest BCUT2D eigenvalue weighted by Crippen LogP contribution is 2.31. The molecule has 11 aromatic rings. The maximum absolute atomic E-state index is 12.6. The number of rotatable bonds is 17. The topological polar surface area (TPSA) is 204 Å². The summed E-state index contributed by atoms with van der Waals surface area (Å²) in [5, 5.41) is 31.5. The van der Waals surface area contributed by atoms with Crippen molar-refractivity contribution in [2.24, 2.45) is 0 Å². The molecule has 0 amide bonds. The molecular formula is C87H109Br3N14O8. The van der Waals surface area contributed by atoms with Crippen molar-refractivity contribution in [3.8, 4) is 45.8 Å². The zero-order valence-electron chi connectivity index (χ0n) is 67.1. The van der Waals surface area contributed by atoms with Crippen molar-refractivity contribution in [3.63, 3.8) is 0 Å². The van der Waals surface area contributed by atoms with Crippen molar-refractivity contribution >= 4 is 76.2 Å². The van der Waals surface area contributed by atoms with E-state index < -0.39 is 0 Å². The lowest BCUT2D eigenvalue weighted by molar-refractivity contribution is 0.411. The molecule has 0 radical (unpaired) electrons. The van der Waals surface area contributed by atoms with Gasteiger partial charge in [0.05, 0.1) is 56.5 Å². The number of hydrogen-bond acceptors (Lipinski definition) is 16. The second kappa shape index (κ2) is 41.5. The van der Waals surface area contributed by atoms with Crippen LogP contribution in [0.15, 0.2) is 211 Å². The summed E-state index contributed by atoms with van der Waals surface area (Å²) >= 11 is 10.0. The van der Waals surface area contributed by atoms with Gasteiger partial charge in [-0.3, -0.25) is 0 Å². The van der Waals surface area contributed by atoms with E-state index in [4.69, 9.17) is 19.3 Å². The van der Waals surface area contributed by atoms with Crippen LogP contribution in [0, 0.1) is 34.6 Å². The Morgan fingerprint density at radius 3 is 0.857 bits per heavy atom. The molecule has 3 saturated heterocycles. The number of nitrogens with zero attached hydrogens (tertiary/aromatic N) is 14. The van der Waals surface area contributed by atoms with E-state index in [1.807, 2.05) is 159 Å². The standard InChI is InChI=1S/C24H31N5O2.C23H29N5O2.C17H24N4O.2C8H9BrO.C7H7BrO/c1-5-19(3)29-24(30)28(17-25-29)21-8-6-20(7-9-21)26-12-14-27(15-13-26)22-10-11-23(31-4)18(2)16-22;1-4-18(3)28-23(30)27(16-24-28)20-7-5-19(6-8-20)25-11-13-26(14-12-25)21-9-10-22(29)17(2)15-21;1-3-14(2)21-17(22)20(13-18-21)16-9-7-15(8-10-16)19-11-5-4-6-12-19;2*1-6-5-7(9)3-4-8(6)10-2;1-5-4-6(8)2-3-7(5)9/h6-11,16-17,19H,5,12-15H2,1-4H3;5-10,15-16,18,29H,4,11-14H2,1-3H3;7-10,13-14H,3-6,11-12H2,1-2H3;2*3-5H,1-2H3;2-4,9H,1H3. The number of ether oxygens (including phenoxy) is 3. The van der Waals surface area contributed by atoms with E-state index in [-0.39, 0.29) is 35.2 Å². The number of halogens is 3. The molecule has 3 fully saturated rings. The monoisotopic (exact) mass is 1710 g/mol. The van der Waals surface area contributed by atoms with Gasteiger partial charge >= 0.3 is 17.1 Å². The summed E-state index contributed by atoms with van der Waals surface area (Å²) in [6.45, 7) is 31.9. The lowest BCUT2D eigenvalue weighted by atomic mass is 10.1. The number of anilines is 5. The van der Waals surface area contributed by atoms with Crippen molar-refractivity contribution in [2.75, 3.05) is 111 Å². The second-order valence-electron chi connectivity index (χ2n) is 28.3. The fourth-order valence-corrected chi connectivity index (χ4v) is 14.6. The Kier molecular flexibility index (Phi) is 31.9. The molecule has 3 atom stereocenters. The third kappa shape index (κ3) is 22.7. The molecule has 3 aliphatic rings. The van der Waals surface area contributed by atoms with Crippen molar-refractivity contribution in [2.45, 2.75) is 133 Å². The lowest BCUT2D eigenvalue weighted by Gasteiger charge is -2.37. The number of piperidine rings is 1. The van der Waals surface area contributed by atoms with Gasteiger partial charge in [0.1, 0.15) is 47.7 Å². The van der Waals surface area contributed by atoms with Crippen LogP contribution >= 0.6 is 47.8 Å². The van der Waals surface area contributed by atoms with Crippen LogP contribution in [0.3, 0.4) is 0 Å². The largest absolute Gasteiger partial charge is 0.508 e. The van der Waals surface area contributed by atoms with Gasteiger partial charge in [-0.15, -0.1) is 0 Å². The van der Waals surface area contributed by atoms with Gasteiger partial charge in [0.2, 0.25) is 0 Å². The third-order valence-corrected chi connectivity index (χ3v) is 22.1. The predicted molar refractivity (Wildman–Crippen MR) is 465 cm³/mol. The van der Waals surface area contributed by atoms with Crippen LogP contribution in [0.5, 0.6) is 28.7 Å². The molecule has 3 aromatic heterocycles. The predicted octanol–water partition coefficient (Wildman–Crippen LogP) is 18.0. The molecule has 0 spiro atoms. The van der Waals surface area contributed by atoms with Crippen LogP contribution in [0.4, 0.5) is 28.4 Å². The Morgan fingerprint density at radius 2 is 0.571 bits per heavy atom. The minimum Gasteiger partial charge on any atom is -0.508 e. The molecule has 6 heterocycles. The van der Waals surface area contributed by atoms with Crippen LogP contribution in [-0.4, -0.2) is 140 Å². The van der Waals surface area contributed by atoms with Gasteiger partial charge in [0.15, 0.2) is 0 Å². The Morgan fingerprint density at radius 1 is 0.330 bits per heavy atom. The van der Waals surface area contributed by atoms with Crippen molar-refractivity contribution < 1.29 is 24.4 Å². The molecular weight excluding hydrogens is 1610 g/mol. The SMILES string of the molecule is CCC(C)n1ncn(-c2ccc(N3CCCCC3)cc2)c1=O.CCC(C)n1ncn(-c2ccc(N3CCN(c4ccc(O)c(C)c4)CC3)cc2)c1=O.CCC(C)n1ncn(-c2ccc(N3CCN(c4ccc(OC)c(C)c4)CC3)cc2)c1=O.COc1ccc(Br)cc1C.COc1ccc(Br)cc1C.Cc1cc(Br)ccc1O. The van der Waals surface area contributed by atoms with E-state index in [0.717, 1.165) is 172 Å². The first kappa shape index (κ1) is 86.0. The van der Waals surface area contributed by atoms with Crippen molar-refractivity contribution in [1.29, 1.82) is 0 Å². The highest BCUT2D eigenvalue weighted by molar-refractivity contribution is 9.11. The molecule has 0 saturated carbocycles. The van der Waals surface area contributed by atoms with Crippen LogP contribution in [-0.2, 0) is 0 Å². The van der Waals surface area contributed by atoms with Crippen LogP contribution < -0.4 is 55.8 Å². The number of aryl methyl sites for hydroxylation is 5. The molecule has 14 rings (SSSR count). The number of hydrogen-bond donors (Lipinski definition) is 2. The van der Waals surface area contributed by atoms with Gasteiger partial charge < -0.3 is 48.9 Å². The molecule has 3 unspecified atom stereocenters. The maximum atomic E-state index is 12.6. The highest BCUT2D eigenvalue weighted by Gasteiger charge is 2.22. The Hall–Kier alpha value is -9.98. The van der Waals surface area contributed by atoms with Crippen molar-refractivity contribution in [1.82, 2.24) is 43.0 Å². The Labute approximate surface area is 684 Å². The number of piperazine rings is 2. The van der Waals surface area contributed by atoms with Gasteiger partial charge in [0, 0.05) is 107 Å². The highest BCUT2D eigenvalue weighted by atomic mass is 79.9. The molecule has 8 aromatic carbocycles. The molecule has 112 heavy (non-hydrogen) atoms. The number of aromatic hydroxyl groups is 2. The summed E-state index contributed by atoms with van der Waals surface area (Å²) < 4.78 is 28.2. The van der Waals surface area contributed by atoms with Crippen molar-refractivity contribution in [3.05, 3.63) is 255 Å². The van der Waals surface area contributed by atoms with Gasteiger partial charge in [-0.05, 0) is 286 Å². The fraction of sp³-hybridized carbons (Fsp3) is 0.379. The smallest absolute Gasteiger partial charge is 0.350 e. The first-order valence-corrected chi connectivity index (χ1v) is 40.8. The maximum Gasteiger partial charge on any atom is 0.350 e. The summed E-state index contributed by atoms with van der Waals surface area (Å²) in [5.41, 5.74) is 13.5. The fourth-order valence-electron chi connectivity index (χ4n) is 13.2. The normalized spacial score (nSPS) is 14.1. The number of methoxy groups -OCH3 is 3. The van der Waals surface area contributed by atoms with Gasteiger partial charge in [0.25, 0.3) is 0 Å². The zero-order chi connectivity index (χ0) is 80.7. The number of phenolic OH excluding ortho intramolecular Hbond substituents is 2. The summed E-state index contributed by atoms with van der Waals surface area (Å²) in [6.07, 6.45) is 11.3. The van der Waals surface area contributed by atoms with E-state index in [1.165, 1.54) is 41.0 Å². The summed E-state index contributed by atoms with van der Waals surface area (Å²) in [5.74, 6) is 3.48. The average Bonchev–Trinajstić information content (AvgIpc) is 1.67. The quantitative estimate of drug-likeness (QED) is 0.0870. The van der Waals surface area contributed by atoms with Gasteiger partial charge in [-0.25, -0.2) is 42.1 Å². The minimum absolute atomic E-state index is 0.0694. The molecule has 0 aliphatic carbocycles. The molecule has 3 aliphatic heterocycles. The number of benzene rings is 8. The van der Waals surface area contributed by atoms with Gasteiger partial charge in [-0.1, -0.05) is 68.6 Å². The zero-order valence-corrected chi connectivity index (χ0v) is 71.9. The van der Waals surface area contributed by atoms with E-state index in [9.17, 15) is 19.5 Å². The second-order valence-corrected chi connectivity index (χ2v) is 31.0. The van der Waals surface area contributed by atoms with E-state index >= 15 is 0 Å². The molecule has 596 valence electrons. The van der Waals surface area contributed by atoms with Crippen LogP contribution in [0.1, 0.15) is 126 Å². The summed E-state index contributed by atoms with van der Waals surface area (Å²) in [4.78, 5) is 49.6. The Bertz CT molecular complexity index is 4920. The molecule has 22 nitrogen and oxygen atoms in total. The van der Waals surface area contributed by atoms with E-state index in [0.29, 0.717) is 11.5 Å². The minimum atomic E-state index is -0.102. The Balaban J connectivity index is 0.000000165. The molecule has 2 N–H and O–H groups in total. The first-order chi connectivity index (χ1) is 53.9. The first-order valence-electron chi connectivity index (χ1n) is 38.4. The average molecular weight is 1720 g/mol. The molecule has 25 heteroatoms. The summed E-state index contributed by atoms with van der Waals surface area (Å²) in [6, 6.07) is 54.2. The summed E-state index contributed by atoms with van der Waals surface area (Å²) in [7, 11) is 5.06. The molecule has 0 bridgehead atoms. The number of aromatic nitrogens is 9. The van der Waals surface area contributed by atoms with E-state index in [2.05, 4.69) is 157 Å².